The molecule has 1 aliphatic heterocycles. The van der Waals surface area contributed by atoms with E-state index in [0.29, 0.717) is 0 Å². The van der Waals surface area contributed by atoms with Crippen LogP contribution in [0, 0.1) is 0 Å². The zero-order valence-corrected chi connectivity index (χ0v) is 8.53. The number of benzene rings is 1. The third-order valence-corrected chi connectivity index (χ3v) is 2.89. The summed E-state index contributed by atoms with van der Waals surface area (Å²) in [5.41, 5.74) is 3.00. The van der Waals surface area contributed by atoms with E-state index in [-0.39, 0.29) is 0 Å². The molecule has 74 valence electrons. The lowest BCUT2D eigenvalue weighted by Gasteiger charge is -2.03. The Balaban J connectivity index is 2.23. The lowest BCUT2D eigenvalue weighted by molar-refractivity contribution is 0.657. The Morgan fingerprint density at radius 2 is 2.27 bits per heavy atom. The number of nitrogens with one attached hydrogen (secondary N) is 1. The molecular weight excluding hydrogens is 185 g/mol. The van der Waals surface area contributed by atoms with Gasteiger partial charge in [0.05, 0.1) is 11.0 Å². The van der Waals surface area contributed by atoms with Gasteiger partial charge in [-0.2, -0.15) is 0 Å². The second kappa shape index (κ2) is 3.38. The smallest absolute Gasteiger partial charge is 0.113 e. The molecule has 3 nitrogen and oxygen atoms in total. The number of hydrogen-bond donors (Lipinski definition) is 1. The second-order valence-corrected chi connectivity index (χ2v) is 3.93. The highest BCUT2D eigenvalue weighted by Crippen LogP contribution is 2.16. The van der Waals surface area contributed by atoms with Gasteiger partial charge >= 0.3 is 0 Å². The number of aromatic nitrogens is 2. The topological polar surface area (TPSA) is 29.9 Å². The van der Waals surface area contributed by atoms with Crippen molar-refractivity contribution in [2.45, 2.75) is 13.0 Å². The molecule has 0 bridgehead atoms. The molecule has 4 heteroatoms. The lowest BCUT2D eigenvalue weighted by atomic mass is 9.96. The van der Waals surface area contributed by atoms with Gasteiger partial charge in [0, 0.05) is 26.1 Å². The lowest BCUT2D eigenvalue weighted by Crippen LogP contribution is -2.17. The fourth-order valence-electron chi connectivity index (χ4n) is 2.15. The Kier molecular flexibility index (Phi) is 2.02. The molecule has 0 aliphatic carbocycles. The van der Waals surface area contributed by atoms with Crippen LogP contribution in [0.4, 0.5) is 0 Å². The molecule has 0 amide bonds. The highest BCUT2D eigenvalue weighted by molar-refractivity contribution is 6.33. The van der Waals surface area contributed by atoms with E-state index < -0.39 is 0 Å². The summed E-state index contributed by atoms with van der Waals surface area (Å²) in [4.78, 5) is 4.62. The van der Waals surface area contributed by atoms with Crippen molar-refractivity contribution in [2.75, 3.05) is 13.1 Å². The van der Waals surface area contributed by atoms with Crippen molar-refractivity contribution in [3.8, 4) is 0 Å². The molecule has 3 rings (SSSR count). The molecule has 0 unspecified atom stereocenters. The monoisotopic (exact) mass is 197 g/mol. The standard InChI is InChI=1S/C11H12BN3/c12-8-1-2-10-9(7-8)14-11-3-4-13-5-6-15(10)11/h1-2,7,13H,3-6H2. The van der Waals surface area contributed by atoms with E-state index in [4.69, 9.17) is 7.85 Å². The molecule has 1 N–H and O–H groups in total. The van der Waals surface area contributed by atoms with Crippen LogP contribution >= 0.6 is 0 Å². The molecule has 1 aromatic carbocycles. The summed E-state index contributed by atoms with van der Waals surface area (Å²) in [5, 5.41) is 3.37. The molecule has 1 aliphatic rings. The Bertz CT molecular complexity index is 504. The van der Waals surface area contributed by atoms with Gasteiger partial charge in [0.1, 0.15) is 13.7 Å². The summed E-state index contributed by atoms with van der Waals surface area (Å²) in [7, 11) is 5.75. The van der Waals surface area contributed by atoms with Crippen LogP contribution in [0.5, 0.6) is 0 Å². The van der Waals surface area contributed by atoms with E-state index in [9.17, 15) is 0 Å². The maximum atomic E-state index is 5.75. The summed E-state index contributed by atoms with van der Waals surface area (Å²) in [6.07, 6.45) is 0.995. The predicted octanol–water partition coefficient (Wildman–Crippen LogP) is -0.0242. The van der Waals surface area contributed by atoms with Gasteiger partial charge in [-0.1, -0.05) is 11.5 Å². The zero-order valence-electron chi connectivity index (χ0n) is 8.53. The Hall–Kier alpha value is -1.29. The first-order valence-electron chi connectivity index (χ1n) is 5.30. The molecule has 0 saturated heterocycles. The van der Waals surface area contributed by atoms with E-state index in [1.807, 2.05) is 12.1 Å². The molecule has 0 spiro atoms. The first-order chi connectivity index (χ1) is 7.34. The minimum atomic E-state index is 0.786. The van der Waals surface area contributed by atoms with Crippen LogP contribution < -0.4 is 10.8 Å². The van der Waals surface area contributed by atoms with Crippen LogP contribution in [-0.2, 0) is 13.0 Å². The van der Waals surface area contributed by atoms with Crippen LogP contribution in [0.25, 0.3) is 11.0 Å². The maximum Gasteiger partial charge on any atom is 0.113 e. The van der Waals surface area contributed by atoms with E-state index in [2.05, 4.69) is 20.9 Å². The maximum absolute atomic E-state index is 5.75. The Labute approximate surface area is 89.9 Å². The fourth-order valence-corrected chi connectivity index (χ4v) is 2.15. The van der Waals surface area contributed by atoms with Crippen molar-refractivity contribution < 1.29 is 0 Å². The molecule has 0 fully saturated rings. The minimum Gasteiger partial charge on any atom is -0.327 e. The van der Waals surface area contributed by atoms with Crippen LogP contribution in [0.2, 0.25) is 0 Å². The summed E-state index contributed by atoms with van der Waals surface area (Å²) >= 11 is 0. The van der Waals surface area contributed by atoms with Crippen molar-refractivity contribution in [1.82, 2.24) is 14.9 Å². The number of nitrogens with zero attached hydrogens (tertiary/aromatic N) is 2. The molecule has 2 radical (unpaired) electrons. The molecule has 0 atom stereocenters. The number of imidazole rings is 1. The SMILES string of the molecule is [B]c1ccc2c(c1)nc1n2CCNCC1. The number of fused-ring (bicyclic) bond motifs is 3. The van der Waals surface area contributed by atoms with Crippen LogP contribution in [0.3, 0.4) is 0 Å². The zero-order chi connectivity index (χ0) is 10.3. The highest BCUT2D eigenvalue weighted by Gasteiger charge is 2.12. The molecule has 1 aromatic heterocycles. The number of rotatable bonds is 0. The van der Waals surface area contributed by atoms with Gasteiger partial charge in [-0.25, -0.2) is 4.98 Å². The number of hydrogen-bond acceptors (Lipinski definition) is 2. The summed E-state index contributed by atoms with van der Waals surface area (Å²) in [5.74, 6) is 1.17. The van der Waals surface area contributed by atoms with Crippen molar-refractivity contribution >= 4 is 24.3 Å². The van der Waals surface area contributed by atoms with Crippen LogP contribution in [0.15, 0.2) is 18.2 Å². The van der Waals surface area contributed by atoms with Crippen molar-refractivity contribution in [3.63, 3.8) is 0 Å². The largest absolute Gasteiger partial charge is 0.327 e. The van der Waals surface area contributed by atoms with Crippen molar-refractivity contribution in [2.24, 2.45) is 0 Å². The average molecular weight is 197 g/mol. The normalized spacial score (nSPS) is 16.3. The minimum absolute atomic E-state index is 0.786. The van der Waals surface area contributed by atoms with Crippen molar-refractivity contribution in [1.29, 1.82) is 0 Å². The van der Waals surface area contributed by atoms with Gasteiger partial charge < -0.3 is 9.88 Å². The predicted molar refractivity (Wildman–Crippen MR) is 61.7 cm³/mol. The van der Waals surface area contributed by atoms with E-state index in [1.165, 1.54) is 11.3 Å². The van der Waals surface area contributed by atoms with Gasteiger partial charge in [-0.05, 0) is 12.1 Å². The third kappa shape index (κ3) is 1.45. The summed E-state index contributed by atoms with van der Waals surface area (Å²) in [6.45, 7) is 3.03. The molecule has 0 saturated carbocycles. The Morgan fingerprint density at radius 1 is 1.33 bits per heavy atom. The van der Waals surface area contributed by atoms with E-state index >= 15 is 0 Å². The van der Waals surface area contributed by atoms with Gasteiger partial charge in [0.25, 0.3) is 0 Å². The molecule has 2 aromatic rings. The third-order valence-electron chi connectivity index (χ3n) is 2.89. The first kappa shape index (κ1) is 8.98. The quantitative estimate of drug-likeness (QED) is 0.601. The van der Waals surface area contributed by atoms with Gasteiger partial charge in [0.15, 0.2) is 0 Å². The van der Waals surface area contributed by atoms with Gasteiger partial charge in [-0.15, -0.1) is 0 Å². The molecule has 15 heavy (non-hydrogen) atoms. The van der Waals surface area contributed by atoms with E-state index in [0.717, 1.165) is 37.0 Å². The fraction of sp³-hybridized carbons (Fsp3) is 0.364. The molecular formula is C11H12BN3. The molecule has 2 heterocycles. The van der Waals surface area contributed by atoms with Crippen LogP contribution in [0.1, 0.15) is 5.82 Å². The first-order valence-corrected chi connectivity index (χ1v) is 5.30. The van der Waals surface area contributed by atoms with E-state index in [1.54, 1.807) is 0 Å². The Morgan fingerprint density at radius 3 is 3.20 bits per heavy atom. The van der Waals surface area contributed by atoms with Crippen molar-refractivity contribution in [3.05, 3.63) is 24.0 Å². The van der Waals surface area contributed by atoms with Crippen LogP contribution in [-0.4, -0.2) is 30.5 Å². The summed E-state index contributed by atoms with van der Waals surface area (Å²) < 4.78 is 2.29. The highest BCUT2D eigenvalue weighted by atomic mass is 15.1. The van der Waals surface area contributed by atoms with Gasteiger partial charge in [0.2, 0.25) is 0 Å². The second-order valence-electron chi connectivity index (χ2n) is 3.93. The average Bonchev–Trinajstić information content (AvgIpc) is 2.42. The van der Waals surface area contributed by atoms with Gasteiger partial charge in [-0.3, -0.25) is 0 Å². The summed E-state index contributed by atoms with van der Waals surface area (Å²) in [6, 6.07) is 5.95.